The highest BCUT2D eigenvalue weighted by molar-refractivity contribution is 7.99. The van der Waals surface area contributed by atoms with Crippen molar-refractivity contribution in [2.75, 3.05) is 17.3 Å². The molecule has 0 radical (unpaired) electrons. The van der Waals surface area contributed by atoms with Crippen molar-refractivity contribution in [3.8, 4) is 11.6 Å². The van der Waals surface area contributed by atoms with Crippen molar-refractivity contribution >= 4 is 35.1 Å². The van der Waals surface area contributed by atoms with Crippen LogP contribution in [0.1, 0.15) is 19.9 Å². The Balaban J connectivity index is 1.68. The van der Waals surface area contributed by atoms with Crippen LogP contribution in [0.2, 0.25) is 0 Å². The minimum atomic E-state index is -0.0777. The fourth-order valence-electron chi connectivity index (χ4n) is 2.44. The SMILES string of the molecule is CSc1cccc(NC(=O)CSc2nnc(-c3ccco3)n2C(C)C)c1. The van der Waals surface area contributed by atoms with Gasteiger partial charge in [0.05, 0.1) is 12.0 Å². The van der Waals surface area contributed by atoms with Crippen LogP contribution in [0.3, 0.4) is 0 Å². The Bertz CT molecular complexity index is 875. The van der Waals surface area contributed by atoms with Gasteiger partial charge in [-0.15, -0.1) is 22.0 Å². The molecule has 2 aromatic heterocycles. The molecule has 0 aliphatic heterocycles. The molecule has 26 heavy (non-hydrogen) atoms. The topological polar surface area (TPSA) is 73.0 Å². The molecule has 136 valence electrons. The molecular weight excluding hydrogens is 368 g/mol. The molecule has 8 heteroatoms. The molecule has 0 saturated carbocycles. The summed E-state index contributed by atoms with van der Waals surface area (Å²) < 4.78 is 7.41. The smallest absolute Gasteiger partial charge is 0.234 e. The molecule has 3 rings (SSSR count). The van der Waals surface area contributed by atoms with Gasteiger partial charge in [-0.3, -0.25) is 9.36 Å². The maximum absolute atomic E-state index is 12.3. The zero-order chi connectivity index (χ0) is 18.5. The molecule has 0 saturated heterocycles. The van der Waals surface area contributed by atoms with Crippen LogP contribution < -0.4 is 5.32 Å². The van der Waals surface area contributed by atoms with Crippen LogP contribution in [0.4, 0.5) is 5.69 Å². The van der Waals surface area contributed by atoms with E-state index in [1.165, 1.54) is 11.8 Å². The number of rotatable bonds is 7. The molecule has 0 bridgehead atoms. The molecule has 0 aliphatic carbocycles. The van der Waals surface area contributed by atoms with Gasteiger partial charge in [-0.2, -0.15) is 0 Å². The normalized spacial score (nSPS) is 11.1. The lowest BCUT2D eigenvalue weighted by molar-refractivity contribution is -0.113. The van der Waals surface area contributed by atoms with Gasteiger partial charge < -0.3 is 9.73 Å². The van der Waals surface area contributed by atoms with Gasteiger partial charge >= 0.3 is 0 Å². The van der Waals surface area contributed by atoms with E-state index in [2.05, 4.69) is 15.5 Å². The quantitative estimate of drug-likeness (QED) is 0.598. The van der Waals surface area contributed by atoms with Gasteiger partial charge in [-0.05, 0) is 50.4 Å². The molecular formula is C18H20N4O2S2. The summed E-state index contributed by atoms with van der Waals surface area (Å²) in [5.41, 5.74) is 0.795. The number of carbonyl (C=O) groups is 1. The van der Waals surface area contributed by atoms with Crippen molar-refractivity contribution in [3.05, 3.63) is 42.7 Å². The Hall–Kier alpha value is -2.19. The highest BCUT2D eigenvalue weighted by Crippen LogP contribution is 2.28. The van der Waals surface area contributed by atoms with Gasteiger partial charge in [0, 0.05) is 16.6 Å². The predicted molar refractivity (Wildman–Crippen MR) is 106 cm³/mol. The first-order valence-corrected chi connectivity index (χ1v) is 10.3. The highest BCUT2D eigenvalue weighted by atomic mass is 32.2. The van der Waals surface area contributed by atoms with Gasteiger partial charge in [0.1, 0.15) is 0 Å². The molecule has 0 atom stereocenters. The Labute approximate surface area is 160 Å². The maximum atomic E-state index is 12.3. The molecule has 2 heterocycles. The van der Waals surface area contributed by atoms with Crippen LogP contribution in [-0.4, -0.2) is 32.7 Å². The Morgan fingerprint density at radius 2 is 2.12 bits per heavy atom. The maximum Gasteiger partial charge on any atom is 0.234 e. The lowest BCUT2D eigenvalue weighted by Gasteiger charge is -2.12. The number of amides is 1. The summed E-state index contributed by atoms with van der Waals surface area (Å²) >= 11 is 3.00. The highest BCUT2D eigenvalue weighted by Gasteiger charge is 2.19. The van der Waals surface area contributed by atoms with Crippen LogP contribution in [0, 0.1) is 0 Å². The van der Waals surface area contributed by atoms with Crippen molar-refractivity contribution in [1.82, 2.24) is 14.8 Å². The zero-order valence-electron chi connectivity index (χ0n) is 14.8. The van der Waals surface area contributed by atoms with E-state index in [1.54, 1.807) is 18.0 Å². The lowest BCUT2D eigenvalue weighted by Crippen LogP contribution is -2.15. The Kier molecular flexibility index (Phi) is 6.05. The van der Waals surface area contributed by atoms with Gasteiger partial charge in [0.2, 0.25) is 11.7 Å². The third-order valence-electron chi connectivity index (χ3n) is 3.61. The summed E-state index contributed by atoms with van der Waals surface area (Å²) in [5.74, 6) is 1.51. The minimum Gasteiger partial charge on any atom is -0.461 e. The number of anilines is 1. The number of furan rings is 1. The van der Waals surface area contributed by atoms with Crippen LogP contribution in [0.15, 0.2) is 57.1 Å². The molecule has 3 aromatic rings. The van der Waals surface area contributed by atoms with Gasteiger partial charge in [0.25, 0.3) is 0 Å². The molecule has 1 aromatic carbocycles. The molecule has 0 fully saturated rings. The monoisotopic (exact) mass is 388 g/mol. The summed E-state index contributed by atoms with van der Waals surface area (Å²) in [5, 5.41) is 12.1. The van der Waals surface area contributed by atoms with Gasteiger partial charge in [0.15, 0.2) is 10.9 Å². The largest absolute Gasteiger partial charge is 0.461 e. The van der Waals surface area contributed by atoms with Crippen LogP contribution in [0.5, 0.6) is 0 Å². The lowest BCUT2D eigenvalue weighted by atomic mass is 10.3. The first-order chi connectivity index (χ1) is 12.6. The number of benzene rings is 1. The minimum absolute atomic E-state index is 0.0777. The van der Waals surface area contributed by atoms with Crippen LogP contribution >= 0.6 is 23.5 Å². The van der Waals surface area contributed by atoms with E-state index >= 15 is 0 Å². The second-order valence-corrected chi connectivity index (χ2v) is 7.64. The van der Waals surface area contributed by atoms with E-state index in [0.717, 1.165) is 10.6 Å². The van der Waals surface area contributed by atoms with Crippen molar-refractivity contribution in [1.29, 1.82) is 0 Å². The number of hydrogen-bond acceptors (Lipinski definition) is 6. The van der Waals surface area contributed by atoms with E-state index in [1.807, 2.05) is 61.1 Å². The number of hydrogen-bond donors (Lipinski definition) is 1. The van der Waals surface area contributed by atoms with E-state index in [-0.39, 0.29) is 17.7 Å². The Morgan fingerprint density at radius 1 is 1.27 bits per heavy atom. The summed E-state index contributed by atoms with van der Waals surface area (Å²) in [6, 6.07) is 11.6. The average Bonchev–Trinajstić information content (AvgIpc) is 3.29. The molecule has 1 N–H and O–H groups in total. The standard InChI is InChI=1S/C18H20N4O2S2/c1-12(2)22-17(15-8-5-9-24-15)20-21-18(22)26-11-16(23)19-13-6-4-7-14(10-13)25-3/h4-10,12H,11H2,1-3H3,(H,19,23). The Morgan fingerprint density at radius 3 is 2.81 bits per heavy atom. The second-order valence-electron chi connectivity index (χ2n) is 5.82. The second kappa shape index (κ2) is 8.46. The number of thioether (sulfide) groups is 2. The summed E-state index contributed by atoms with van der Waals surface area (Å²) in [7, 11) is 0. The fraction of sp³-hybridized carbons (Fsp3) is 0.278. The van der Waals surface area contributed by atoms with E-state index in [0.29, 0.717) is 16.7 Å². The van der Waals surface area contributed by atoms with Crippen LogP contribution in [-0.2, 0) is 4.79 Å². The molecule has 0 aliphatic rings. The summed E-state index contributed by atoms with van der Waals surface area (Å²) in [6.45, 7) is 4.10. The van der Waals surface area contributed by atoms with E-state index in [9.17, 15) is 4.79 Å². The third kappa shape index (κ3) is 4.31. The number of nitrogens with zero attached hydrogens (tertiary/aromatic N) is 3. The first-order valence-electron chi connectivity index (χ1n) is 8.14. The zero-order valence-corrected chi connectivity index (χ0v) is 16.4. The number of carbonyl (C=O) groups excluding carboxylic acids is 1. The summed E-state index contributed by atoms with van der Waals surface area (Å²) in [6.07, 6.45) is 3.61. The molecule has 1 amide bonds. The van der Waals surface area contributed by atoms with Crippen molar-refractivity contribution < 1.29 is 9.21 Å². The molecule has 0 spiro atoms. The predicted octanol–water partition coefficient (Wildman–Crippen LogP) is 4.57. The summed E-state index contributed by atoms with van der Waals surface area (Å²) in [4.78, 5) is 13.4. The fourth-order valence-corrected chi connectivity index (χ4v) is 3.77. The van der Waals surface area contributed by atoms with Gasteiger partial charge in [-0.1, -0.05) is 17.8 Å². The van der Waals surface area contributed by atoms with Crippen LogP contribution in [0.25, 0.3) is 11.6 Å². The first kappa shape index (κ1) is 18.6. The van der Waals surface area contributed by atoms with Crippen molar-refractivity contribution in [2.45, 2.75) is 29.9 Å². The molecule has 0 unspecified atom stereocenters. The number of aromatic nitrogens is 3. The van der Waals surface area contributed by atoms with Crippen molar-refractivity contribution in [3.63, 3.8) is 0 Å². The van der Waals surface area contributed by atoms with E-state index < -0.39 is 0 Å². The van der Waals surface area contributed by atoms with Gasteiger partial charge in [-0.25, -0.2) is 0 Å². The third-order valence-corrected chi connectivity index (χ3v) is 5.28. The average molecular weight is 389 g/mol. The van der Waals surface area contributed by atoms with E-state index in [4.69, 9.17) is 4.42 Å². The number of nitrogens with one attached hydrogen (secondary N) is 1. The molecule has 6 nitrogen and oxygen atoms in total. The van der Waals surface area contributed by atoms with Crippen molar-refractivity contribution in [2.24, 2.45) is 0 Å².